The number of rotatable bonds is 6. The lowest BCUT2D eigenvalue weighted by atomic mass is 10.0. The van der Waals surface area contributed by atoms with E-state index in [0.29, 0.717) is 19.1 Å². The molecule has 0 spiro atoms. The fourth-order valence-electron chi connectivity index (χ4n) is 3.29. The zero-order chi connectivity index (χ0) is 17.8. The maximum Gasteiger partial charge on any atom is 0.226 e. The number of fused-ring (bicyclic) bond motifs is 1. The fraction of sp³-hybridized carbons (Fsp3) is 0.529. The number of likely N-dealkylation sites (N-methyl/N-ethyl adjacent to an activating group) is 1. The van der Waals surface area contributed by atoms with Crippen molar-refractivity contribution in [1.29, 1.82) is 0 Å². The number of nitrogens with zero attached hydrogens (tertiary/aromatic N) is 2. The van der Waals surface area contributed by atoms with Gasteiger partial charge in [-0.2, -0.15) is 0 Å². The zero-order valence-corrected chi connectivity index (χ0v) is 16.1. The summed E-state index contributed by atoms with van der Waals surface area (Å²) in [5.41, 5.74) is 2.60. The van der Waals surface area contributed by atoms with Crippen LogP contribution in [-0.4, -0.2) is 55.8 Å². The molecule has 25 heavy (non-hydrogen) atoms. The van der Waals surface area contributed by atoms with Crippen LogP contribution in [0.1, 0.15) is 19.3 Å². The second-order valence-corrected chi connectivity index (χ2v) is 7.10. The van der Waals surface area contributed by atoms with E-state index in [1.54, 1.807) is 13.3 Å². The Morgan fingerprint density at radius 3 is 3.16 bits per heavy atom. The molecule has 0 unspecified atom stereocenters. The highest BCUT2D eigenvalue weighted by Crippen LogP contribution is 2.38. The molecule has 1 saturated heterocycles. The molecule has 3 rings (SSSR count). The van der Waals surface area contributed by atoms with Gasteiger partial charge in [-0.05, 0) is 35.8 Å². The number of pyridine rings is 1. The molecule has 3 N–H and O–H groups in total. The average molecular weight is 410 g/mol. The van der Waals surface area contributed by atoms with Crippen molar-refractivity contribution in [3.63, 3.8) is 0 Å². The van der Waals surface area contributed by atoms with Crippen LogP contribution in [0.3, 0.4) is 0 Å². The van der Waals surface area contributed by atoms with E-state index in [-0.39, 0.29) is 5.91 Å². The maximum absolute atomic E-state index is 12.1. The Balaban J connectivity index is 1.95. The third-order valence-electron chi connectivity index (χ3n) is 4.58. The van der Waals surface area contributed by atoms with Crippen LogP contribution in [0, 0.1) is 0 Å². The number of nitrogens with one attached hydrogen (secondary N) is 3. The Bertz CT molecular complexity index is 748. The standard InChI is InChI=1S/C17H24BrN5O2/c1-19-11-4-3-6-23(10-11)16-12(18)8-20-17-15(16)13(9-21-17)22-14(24)5-7-25-2/h8-9,11,19H,3-7,10H2,1-2H3,(H,20,21)(H,22,24)/t11-/m1/s1. The molecule has 2 aromatic rings. The number of aromatic nitrogens is 2. The number of H-pyrrole nitrogens is 1. The van der Waals surface area contributed by atoms with E-state index in [0.717, 1.165) is 46.4 Å². The van der Waals surface area contributed by atoms with Crippen LogP contribution < -0.4 is 15.5 Å². The lowest BCUT2D eigenvalue weighted by Gasteiger charge is -2.35. The van der Waals surface area contributed by atoms with Crippen LogP contribution in [0.5, 0.6) is 0 Å². The van der Waals surface area contributed by atoms with Gasteiger partial charge in [-0.15, -0.1) is 0 Å². The summed E-state index contributed by atoms with van der Waals surface area (Å²) in [5, 5.41) is 7.29. The van der Waals surface area contributed by atoms with Gasteiger partial charge in [0.15, 0.2) is 0 Å². The maximum atomic E-state index is 12.1. The van der Waals surface area contributed by atoms with Crippen LogP contribution in [0.15, 0.2) is 16.9 Å². The first-order valence-electron chi connectivity index (χ1n) is 8.50. The van der Waals surface area contributed by atoms with E-state index in [1.807, 2.05) is 13.2 Å². The lowest BCUT2D eigenvalue weighted by Crippen LogP contribution is -2.44. The molecule has 1 aliphatic heterocycles. The summed E-state index contributed by atoms with van der Waals surface area (Å²) in [5.74, 6) is -0.0691. The molecule has 1 fully saturated rings. The van der Waals surface area contributed by atoms with Crippen LogP contribution in [0.25, 0.3) is 11.0 Å². The molecule has 0 radical (unpaired) electrons. The van der Waals surface area contributed by atoms with Crippen molar-refractivity contribution in [2.45, 2.75) is 25.3 Å². The lowest BCUT2D eigenvalue weighted by molar-refractivity contribution is -0.117. The van der Waals surface area contributed by atoms with Crippen molar-refractivity contribution in [3.8, 4) is 0 Å². The summed E-state index contributed by atoms with van der Waals surface area (Å²) in [6.45, 7) is 2.31. The Morgan fingerprint density at radius 2 is 2.40 bits per heavy atom. The molecular formula is C17H24BrN5O2. The number of ether oxygens (including phenoxy) is 1. The summed E-state index contributed by atoms with van der Waals surface area (Å²) in [6, 6.07) is 0.461. The number of methoxy groups -OCH3 is 1. The number of amides is 1. The van der Waals surface area contributed by atoms with E-state index in [4.69, 9.17) is 4.74 Å². The number of carbonyl (C=O) groups is 1. The highest BCUT2D eigenvalue weighted by atomic mass is 79.9. The molecule has 0 aliphatic carbocycles. The van der Waals surface area contributed by atoms with Crippen LogP contribution in [0.4, 0.5) is 11.4 Å². The largest absolute Gasteiger partial charge is 0.384 e. The molecule has 1 atom stereocenters. The Kier molecular flexibility index (Phi) is 5.93. The highest BCUT2D eigenvalue weighted by molar-refractivity contribution is 9.10. The van der Waals surface area contributed by atoms with Crippen molar-refractivity contribution in [3.05, 3.63) is 16.9 Å². The quantitative estimate of drug-likeness (QED) is 0.682. The van der Waals surface area contributed by atoms with Crippen molar-refractivity contribution >= 4 is 44.2 Å². The van der Waals surface area contributed by atoms with Gasteiger partial charge in [-0.3, -0.25) is 4.79 Å². The molecule has 7 nitrogen and oxygen atoms in total. The van der Waals surface area contributed by atoms with Crippen LogP contribution in [-0.2, 0) is 9.53 Å². The van der Waals surface area contributed by atoms with Crippen LogP contribution >= 0.6 is 15.9 Å². The number of anilines is 2. The van der Waals surface area contributed by atoms with Gasteiger partial charge in [0.05, 0.1) is 34.3 Å². The van der Waals surface area contributed by atoms with Crippen molar-refractivity contribution in [1.82, 2.24) is 15.3 Å². The monoisotopic (exact) mass is 409 g/mol. The molecular weight excluding hydrogens is 386 g/mol. The second kappa shape index (κ2) is 8.16. The molecule has 136 valence electrons. The van der Waals surface area contributed by atoms with Gasteiger partial charge in [0, 0.05) is 38.6 Å². The molecule has 8 heteroatoms. The predicted molar refractivity (Wildman–Crippen MR) is 103 cm³/mol. The molecule has 1 aliphatic rings. The number of carbonyl (C=O) groups excluding carboxylic acids is 1. The Labute approximate surface area is 155 Å². The van der Waals surface area contributed by atoms with Gasteiger partial charge >= 0.3 is 0 Å². The van der Waals surface area contributed by atoms with Gasteiger partial charge in [-0.25, -0.2) is 4.98 Å². The normalized spacial score (nSPS) is 17.9. The van der Waals surface area contributed by atoms with Crippen molar-refractivity contribution < 1.29 is 9.53 Å². The smallest absolute Gasteiger partial charge is 0.226 e. The molecule has 1 amide bonds. The minimum atomic E-state index is -0.0691. The summed E-state index contributed by atoms with van der Waals surface area (Å²) in [6.07, 6.45) is 6.24. The van der Waals surface area contributed by atoms with E-state index < -0.39 is 0 Å². The SMILES string of the molecule is CN[C@@H]1CCCN(c2c(Br)cnc3[nH]cc(NC(=O)CCOC)c23)C1. The summed E-state index contributed by atoms with van der Waals surface area (Å²) >= 11 is 3.65. The van der Waals surface area contributed by atoms with Gasteiger partial charge in [0.25, 0.3) is 0 Å². The molecule has 0 saturated carbocycles. The molecule has 0 aromatic carbocycles. The van der Waals surface area contributed by atoms with E-state index >= 15 is 0 Å². The third kappa shape index (κ3) is 3.96. The van der Waals surface area contributed by atoms with E-state index in [2.05, 4.69) is 41.4 Å². The molecule has 2 aromatic heterocycles. The first-order valence-corrected chi connectivity index (χ1v) is 9.30. The molecule has 0 bridgehead atoms. The van der Waals surface area contributed by atoms with Crippen LogP contribution in [0.2, 0.25) is 0 Å². The number of hydrogen-bond donors (Lipinski definition) is 3. The van der Waals surface area contributed by atoms with Gasteiger partial charge in [-0.1, -0.05) is 0 Å². The third-order valence-corrected chi connectivity index (χ3v) is 5.16. The second-order valence-electron chi connectivity index (χ2n) is 6.25. The minimum absolute atomic E-state index is 0.0691. The minimum Gasteiger partial charge on any atom is -0.384 e. The van der Waals surface area contributed by atoms with Gasteiger partial charge < -0.3 is 25.3 Å². The highest BCUT2D eigenvalue weighted by Gasteiger charge is 2.24. The fourth-order valence-corrected chi connectivity index (χ4v) is 3.84. The van der Waals surface area contributed by atoms with Gasteiger partial charge in [0.2, 0.25) is 5.91 Å². The summed E-state index contributed by atoms with van der Waals surface area (Å²) in [4.78, 5) is 22.1. The summed E-state index contributed by atoms with van der Waals surface area (Å²) in [7, 11) is 3.59. The van der Waals surface area contributed by atoms with Gasteiger partial charge in [0.1, 0.15) is 5.65 Å². The summed E-state index contributed by atoms with van der Waals surface area (Å²) < 4.78 is 5.91. The number of piperidine rings is 1. The zero-order valence-electron chi connectivity index (χ0n) is 14.6. The van der Waals surface area contributed by atoms with E-state index in [9.17, 15) is 4.79 Å². The molecule has 3 heterocycles. The number of halogens is 1. The van der Waals surface area contributed by atoms with Crippen molar-refractivity contribution in [2.24, 2.45) is 0 Å². The number of aromatic amines is 1. The van der Waals surface area contributed by atoms with E-state index in [1.165, 1.54) is 6.42 Å². The Morgan fingerprint density at radius 1 is 1.56 bits per heavy atom. The predicted octanol–water partition coefficient (Wildman–Crippen LogP) is 2.49. The Hall–Kier alpha value is -1.64. The number of hydrogen-bond acceptors (Lipinski definition) is 5. The topological polar surface area (TPSA) is 82.3 Å². The first kappa shape index (κ1) is 18.2. The van der Waals surface area contributed by atoms with Crippen molar-refractivity contribution in [2.75, 3.05) is 44.1 Å². The average Bonchev–Trinajstić information content (AvgIpc) is 3.02. The first-order chi connectivity index (χ1) is 12.1.